The van der Waals surface area contributed by atoms with Gasteiger partial charge in [0.25, 0.3) is 0 Å². The molecule has 154 valence electrons. The van der Waals surface area contributed by atoms with E-state index in [1.807, 2.05) is 17.0 Å². The smallest absolute Gasteiger partial charge is 0.230 e. The number of piperidine rings is 1. The Morgan fingerprint density at radius 1 is 0.931 bits per heavy atom. The van der Waals surface area contributed by atoms with Crippen LogP contribution in [0.5, 0.6) is 0 Å². The average Bonchev–Trinajstić information content (AvgIpc) is 2.78. The summed E-state index contributed by atoms with van der Waals surface area (Å²) in [7, 11) is 0. The number of hydrogen-bond donors (Lipinski definition) is 1. The van der Waals surface area contributed by atoms with Crippen LogP contribution in [-0.2, 0) is 9.59 Å². The molecule has 1 heterocycles. The number of benzene rings is 2. The second-order valence-corrected chi connectivity index (χ2v) is 9.35. The molecule has 0 spiro atoms. The molecule has 0 unspecified atom stereocenters. The van der Waals surface area contributed by atoms with Crippen molar-refractivity contribution in [1.29, 1.82) is 0 Å². The van der Waals surface area contributed by atoms with Crippen molar-refractivity contribution >= 4 is 34.3 Å². The van der Waals surface area contributed by atoms with Gasteiger partial charge in [-0.1, -0.05) is 49.6 Å². The maximum atomic E-state index is 12.7. The molecule has 1 N–H and O–H groups in total. The van der Waals surface area contributed by atoms with Crippen molar-refractivity contribution in [3.05, 3.63) is 42.5 Å². The first kappa shape index (κ1) is 20.3. The van der Waals surface area contributed by atoms with Crippen LogP contribution in [0.2, 0.25) is 0 Å². The van der Waals surface area contributed by atoms with Crippen molar-refractivity contribution in [3.63, 3.8) is 0 Å². The molecule has 5 heteroatoms. The third kappa shape index (κ3) is 5.33. The maximum Gasteiger partial charge on any atom is 0.230 e. The first-order chi connectivity index (χ1) is 14.2. The Morgan fingerprint density at radius 2 is 1.66 bits per heavy atom. The van der Waals surface area contributed by atoms with Gasteiger partial charge in [0.1, 0.15) is 0 Å². The molecule has 2 aliphatic rings. The van der Waals surface area contributed by atoms with Crippen molar-refractivity contribution in [1.82, 2.24) is 10.2 Å². The van der Waals surface area contributed by atoms with Crippen LogP contribution in [0.25, 0.3) is 10.8 Å². The van der Waals surface area contributed by atoms with Crippen molar-refractivity contribution in [2.24, 2.45) is 5.92 Å². The molecule has 4 rings (SSSR count). The highest BCUT2D eigenvalue weighted by Crippen LogP contribution is 2.27. The molecule has 4 nitrogen and oxygen atoms in total. The van der Waals surface area contributed by atoms with Crippen LogP contribution in [-0.4, -0.2) is 41.6 Å². The minimum Gasteiger partial charge on any atom is -0.353 e. The maximum absolute atomic E-state index is 12.7. The summed E-state index contributed by atoms with van der Waals surface area (Å²) >= 11 is 1.58. The summed E-state index contributed by atoms with van der Waals surface area (Å²) in [4.78, 5) is 28.2. The Hall–Kier alpha value is -2.01. The highest BCUT2D eigenvalue weighted by atomic mass is 32.2. The minimum atomic E-state index is 0.0835. The fraction of sp³-hybridized carbons (Fsp3) is 0.500. The largest absolute Gasteiger partial charge is 0.353 e. The fourth-order valence-electron chi connectivity index (χ4n) is 4.53. The number of rotatable bonds is 5. The van der Waals surface area contributed by atoms with Crippen LogP contribution in [0.1, 0.15) is 44.9 Å². The second-order valence-electron chi connectivity index (χ2n) is 8.30. The standard InChI is InChI=1S/C24H30N2O2S/c27-23(17-29-22-11-10-18-6-4-5-9-20(18)16-22)25-21-12-14-26(15-13-21)24(28)19-7-2-1-3-8-19/h4-6,9-11,16,19,21H,1-3,7-8,12-15,17H2,(H,25,27). The van der Waals surface area contributed by atoms with Gasteiger partial charge in [-0.2, -0.15) is 0 Å². The molecule has 2 aromatic carbocycles. The zero-order valence-corrected chi connectivity index (χ0v) is 17.8. The number of fused-ring (bicyclic) bond motifs is 1. The molecule has 0 radical (unpaired) electrons. The van der Waals surface area contributed by atoms with E-state index in [1.165, 1.54) is 30.0 Å². The Kier molecular flexibility index (Phi) is 6.75. The van der Waals surface area contributed by atoms with Crippen molar-refractivity contribution in [2.75, 3.05) is 18.8 Å². The van der Waals surface area contributed by atoms with Gasteiger partial charge in [0.2, 0.25) is 11.8 Å². The first-order valence-corrected chi connectivity index (χ1v) is 11.9. The lowest BCUT2D eigenvalue weighted by Gasteiger charge is -2.35. The van der Waals surface area contributed by atoms with E-state index in [-0.39, 0.29) is 17.9 Å². The van der Waals surface area contributed by atoms with Gasteiger partial charge in [0.15, 0.2) is 0 Å². The molecule has 1 aliphatic heterocycles. The average molecular weight is 411 g/mol. The monoisotopic (exact) mass is 410 g/mol. The van der Waals surface area contributed by atoms with Crippen LogP contribution in [0.3, 0.4) is 0 Å². The summed E-state index contributed by atoms with van der Waals surface area (Å²) in [5.74, 6) is 1.11. The molecular formula is C24H30N2O2S. The Labute approximate surface area is 177 Å². The zero-order valence-electron chi connectivity index (χ0n) is 16.9. The molecule has 2 amide bonds. The summed E-state index contributed by atoms with van der Waals surface area (Å²) in [6, 6.07) is 14.8. The van der Waals surface area contributed by atoms with Gasteiger partial charge < -0.3 is 10.2 Å². The lowest BCUT2D eigenvalue weighted by molar-refractivity contribution is -0.137. The van der Waals surface area contributed by atoms with Gasteiger partial charge >= 0.3 is 0 Å². The lowest BCUT2D eigenvalue weighted by atomic mass is 9.87. The van der Waals surface area contributed by atoms with Gasteiger partial charge in [0.05, 0.1) is 5.75 Å². The molecule has 2 fully saturated rings. The van der Waals surface area contributed by atoms with Crippen LogP contribution in [0.15, 0.2) is 47.4 Å². The van der Waals surface area contributed by atoms with Crippen LogP contribution in [0, 0.1) is 5.92 Å². The van der Waals surface area contributed by atoms with Crippen molar-refractivity contribution in [3.8, 4) is 0 Å². The van der Waals surface area contributed by atoms with E-state index >= 15 is 0 Å². The fourth-order valence-corrected chi connectivity index (χ4v) is 5.28. The quantitative estimate of drug-likeness (QED) is 0.732. The molecule has 1 aliphatic carbocycles. The van der Waals surface area contributed by atoms with Gasteiger partial charge in [0, 0.05) is 29.9 Å². The second kappa shape index (κ2) is 9.66. The van der Waals surface area contributed by atoms with E-state index in [0.717, 1.165) is 43.7 Å². The number of amides is 2. The summed E-state index contributed by atoms with van der Waals surface area (Å²) in [6.45, 7) is 1.55. The van der Waals surface area contributed by atoms with E-state index in [0.29, 0.717) is 11.7 Å². The number of carbonyl (C=O) groups is 2. The predicted molar refractivity (Wildman–Crippen MR) is 119 cm³/mol. The molecule has 2 aromatic rings. The molecule has 0 atom stereocenters. The zero-order chi connectivity index (χ0) is 20.1. The number of nitrogens with one attached hydrogen (secondary N) is 1. The third-order valence-electron chi connectivity index (χ3n) is 6.22. The molecule has 0 bridgehead atoms. The topological polar surface area (TPSA) is 49.4 Å². The van der Waals surface area contributed by atoms with Gasteiger partial charge in [-0.25, -0.2) is 0 Å². The van der Waals surface area contributed by atoms with Crippen molar-refractivity contribution in [2.45, 2.75) is 55.9 Å². The third-order valence-corrected chi connectivity index (χ3v) is 7.21. The number of likely N-dealkylation sites (tertiary alicyclic amines) is 1. The highest BCUT2D eigenvalue weighted by Gasteiger charge is 2.29. The first-order valence-electron chi connectivity index (χ1n) is 10.9. The molecular weight excluding hydrogens is 380 g/mol. The van der Waals surface area contributed by atoms with E-state index in [2.05, 4.69) is 35.6 Å². The van der Waals surface area contributed by atoms with Gasteiger partial charge in [-0.3, -0.25) is 9.59 Å². The normalized spacial score (nSPS) is 18.7. The summed E-state index contributed by atoms with van der Waals surface area (Å²) in [5.41, 5.74) is 0. The molecule has 29 heavy (non-hydrogen) atoms. The Bertz CT molecular complexity index is 855. The molecule has 1 saturated carbocycles. The highest BCUT2D eigenvalue weighted by molar-refractivity contribution is 8.00. The van der Waals surface area contributed by atoms with Gasteiger partial charge in [-0.15, -0.1) is 11.8 Å². The Balaban J connectivity index is 1.20. The van der Waals surface area contributed by atoms with E-state index in [4.69, 9.17) is 0 Å². The summed E-state index contributed by atoms with van der Waals surface area (Å²) < 4.78 is 0. The number of carbonyl (C=O) groups excluding carboxylic acids is 2. The number of hydrogen-bond acceptors (Lipinski definition) is 3. The summed E-state index contributed by atoms with van der Waals surface area (Å²) in [6.07, 6.45) is 7.50. The number of nitrogens with zero attached hydrogens (tertiary/aromatic N) is 1. The van der Waals surface area contributed by atoms with E-state index in [1.54, 1.807) is 11.8 Å². The summed E-state index contributed by atoms with van der Waals surface area (Å²) in [5, 5.41) is 5.59. The SMILES string of the molecule is O=C(CSc1ccc2ccccc2c1)NC1CCN(C(=O)C2CCCCC2)CC1. The van der Waals surface area contributed by atoms with Crippen LogP contribution < -0.4 is 5.32 Å². The van der Waals surface area contributed by atoms with Crippen LogP contribution in [0.4, 0.5) is 0 Å². The van der Waals surface area contributed by atoms with E-state index < -0.39 is 0 Å². The van der Waals surface area contributed by atoms with E-state index in [9.17, 15) is 9.59 Å². The Morgan fingerprint density at radius 3 is 2.41 bits per heavy atom. The van der Waals surface area contributed by atoms with Crippen molar-refractivity contribution < 1.29 is 9.59 Å². The van der Waals surface area contributed by atoms with Gasteiger partial charge in [-0.05, 0) is 48.6 Å². The minimum absolute atomic E-state index is 0.0835. The molecule has 1 saturated heterocycles. The number of thioether (sulfide) groups is 1. The lowest BCUT2D eigenvalue weighted by Crippen LogP contribution is -2.48. The predicted octanol–water partition coefficient (Wildman–Crippen LogP) is 4.62. The molecule has 0 aromatic heterocycles. The van der Waals surface area contributed by atoms with Crippen LogP contribution >= 0.6 is 11.8 Å².